The number of aliphatic hydroxyl groups is 1. The molecule has 0 saturated heterocycles. The van der Waals surface area contributed by atoms with Crippen molar-refractivity contribution in [2.24, 2.45) is 0 Å². The summed E-state index contributed by atoms with van der Waals surface area (Å²) in [5.74, 6) is 1.04. The molecule has 2 heteroatoms. The molecule has 1 nitrogen and oxygen atoms in total. The third-order valence-electron chi connectivity index (χ3n) is 2.17. The largest absolute Gasteiger partial charge is 0.388 e. The summed E-state index contributed by atoms with van der Waals surface area (Å²) in [6, 6.07) is 6.30. The molecule has 1 aromatic carbocycles. The first kappa shape index (κ1) is 8.14. The molecule has 0 aromatic heterocycles. The third-order valence-corrected chi connectivity index (χ3v) is 3.30. The van der Waals surface area contributed by atoms with Gasteiger partial charge >= 0.3 is 0 Å². The molecule has 0 saturated carbocycles. The Kier molecular flexibility index (Phi) is 2.11. The maximum atomic E-state index is 9.67. The molecular formula is C10H12OS. The van der Waals surface area contributed by atoms with E-state index in [1.807, 2.05) is 11.8 Å². The summed E-state index contributed by atoms with van der Waals surface area (Å²) in [6.07, 6.45) is 0.655. The van der Waals surface area contributed by atoms with Gasteiger partial charge in [0.1, 0.15) is 0 Å². The first-order valence-electron chi connectivity index (χ1n) is 4.19. The standard InChI is InChI=1S/C10H12OS/c1-7-2-3-10-8(6-7)9(11)4-5-12-10/h2-3,6,9,11H,4-5H2,1H3/t9-/m1/s1. The fraction of sp³-hybridized carbons (Fsp3) is 0.400. The molecule has 2 rings (SSSR count). The number of hydrogen-bond acceptors (Lipinski definition) is 2. The molecule has 0 unspecified atom stereocenters. The van der Waals surface area contributed by atoms with Crippen molar-refractivity contribution in [1.82, 2.24) is 0 Å². The lowest BCUT2D eigenvalue weighted by Gasteiger charge is -2.20. The van der Waals surface area contributed by atoms with Gasteiger partial charge in [-0.2, -0.15) is 0 Å². The Labute approximate surface area is 76.8 Å². The van der Waals surface area contributed by atoms with Gasteiger partial charge < -0.3 is 5.11 Å². The minimum absolute atomic E-state index is 0.235. The first-order valence-corrected chi connectivity index (χ1v) is 5.17. The van der Waals surface area contributed by atoms with Gasteiger partial charge in [-0.3, -0.25) is 0 Å². The van der Waals surface area contributed by atoms with Crippen LogP contribution in [0, 0.1) is 6.92 Å². The molecule has 1 aliphatic rings. The predicted octanol–water partition coefficient (Wildman–Crippen LogP) is 2.52. The maximum Gasteiger partial charge on any atom is 0.0808 e. The smallest absolute Gasteiger partial charge is 0.0808 e. The van der Waals surface area contributed by atoms with Crippen LogP contribution in [0.25, 0.3) is 0 Å². The normalized spacial score (nSPS) is 22.0. The van der Waals surface area contributed by atoms with Crippen LogP contribution in [0.2, 0.25) is 0 Å². The van der Waals surface area contributed by atoms with Gasteiger partial charge in [-0.15, -0.1) is 11.8 Å². The lowest BCUT2D eigenvalue weighted by Crippen LogP contribution is -2.06. The Hall–Kier alpha value is -0.470. The topological polar surface area (TPSA) is 20.2 Å². The van der Waals surface area contributed by atoms with Crippen molar-refractivity contribution in [3.8, 4) is 0 Å². The van der Waals surface area contributed by atoms with E-state index in [0.717, 1.165) is 17.7 Å². The molecule has 0 aliphatic carbocycles. The highest BCUT2D eigenvalue weighted by molar-refractivity contribution is 7.99. The predicted molar refractivity (Wildman–Crippen MR) is 51.5 cm³/mol. The summed E-state index contributed by atoms with van der Waals surface area (Å²) in [5.41, 5.74) is 2.35. The van der Waals surface area contributed by atoms with Gasteiger partial charge in [-0.05, 0) is 25.0 Å². The minimum atomic E-state index is -0.235. The monoisotopic (exact) mass is 180 g/mol. The Morgan fingerprint density at radius 2 is 2.33 bits per heavy atom. The minimum Gasteiger partial charge on any atom is -0.388 e. The second-order valence-corrected chi connectivity index (χ2v) is 4.33. The van der Waals surface area contributed by atoms with Crippen LogP contribution in [-0.4, -0.2) is 10.9 Å². The number of fused-ring (bicyclic) bond motifs is 1. The molecule has 1 heterocycles. The van der Waals surface area contributed by atoms with Crippen molar-refractivity contribution < 1.29 is 5.11 Å². The van der Waals surface area contributed by atoms with Crippen LogP contribution in [0.5, 0.6) is 0 Å². The number of aryl methyl sites for hydroxylation is 1. The van der Waals surface area contributed by atoms with Crippen molar-refractivity contribution in [2.75, 3.05) is 5.75 Å². The molecule has 64 valence electrons. The van der Waals surface area contributed by atoms with Gasteiger partial charge in [-0.25, -0.2) is 0 Å². The average Bonchev–Trinajstić information content (AvgIpc) is 2.07. The first-order chi connectivity index (χ1) is 5.77. The van der Waals surface area contributed by atoms with Crippen LogP contribution in [0.3, 0.4) is 0 Å². The zero-order chi connectivity index (χ0) is 8.55. The van der Waals surface area contributed by atoms with E-state index in [1.165, 1.54) is 10.5 Å². The fourth-order valence-corrected chi connectivity index (χ4v) is 2.58. The molecule has 1 aromatic rings. The number of rotatable bonds is 0. The van der Waals surface area contributed by atoms with Gasteiger partial charge in [0.05, 0.1) is 6.10 Å². The maximum absolute atomic E-state index is 9.67. The van der Waals surface area contributed by atoms with Gasteiger partial charge in [0.15, 0.2) is 0 Å². The second kappa shape index (κ2) is 3.11. The molecule has 0 fully saturated rings. The molecule has 0 bridgehead atoms. The van der Waals surface area contributed by atoms with E-state index in [2.05, 4.69) is 25.1 Å². The average molecular weight is 180 g/mol. The van der Waals surface area contributed by atoms with E-state index >= 15 is 0 Å². The Balaban J connectivity index is 2.47. The number of thioether (sulfide) groups is 1. The Morgan fingerprint density at radius 3 is 3.17 bits per heavy atom. The second-order valence-electron chi connectivity index (χ2n) is 3.19. The summed E-state index contributed by atoms with van der Waals surface area (Å²) < 4.78 is 0. The van der Waals surface area contributed by atoms with Gasteiger partial charge in [0.2, 0.25) is 0 Å². The Morgan fingerprint density at radius 1 is 1.50 bits per heavy atom. The highest BCUT2D eigenvalue weighted by atomic mass is 32.2. The van der Waals surface area contributed by atoms with E-state index in [4.69, 9.17) is 0 Å². The van der Waals surface area contributed by atoms with Crippen LogP contribution in [0.1, 0.15) is 23.7 Å². The molecule has 1 N–H and O–H groups in total. The highest BCUT2D eigenvalue weighted by Gasteiger charge is 2.17. The molecule has 0 spiro atoms. The van der Waals surface area contributed by atoms with Gasteiger partial charge in [-0.1, -0.05) is 17.7 Å². The molecule has 1 aliphatic heterocycles. The van der Waals surface area contributed by atoms with Crippen LogP contribution in [-0.2, 0) is 0 Å². The molecule has 1 atom stereocenters. The molecule has 0 amide bonds. The van der Waals surface area contributed by atoms with Crippen molar-refractivity contribution in [3.05, 3.63) is 29.3 Å². The number of aliphatic hydroxyl groups excluding tert-OH is 1. The Bertz CT molecular complexity index is 296. The third kappa shape index (κ3) is 1.37. The molecule has 0 radical (unpaired) electrons. The van der Waals surface area contributed by atoms with E-state index < -0.39 is 0 Å². The van der Waals surface area contributed by atoms with Crippen molar-refractivity contribution >= 4 is 11.8 Å². The van der Waals surface area contributed by atoms with Crippen LogP contribution < -0.4 is 0 Å². The summed E-state index contributed by atoms with van der Waals surface area (Å²) >= 11 is 1.84. The molecule has 12 heavy (non-hydrogen) atoms. The fourth-order valence-electron chi connectivity index (χ4n) is 1.50. The van der Waals surface area contributed by atoms with E-state index in [-0.39, 0.29) is 6.10 Å². The summed E-state index contributed by atoms with van der Waals surface area (Å²) in [7, 11) is 0. The van der Waals surface area contributed by atoms with Crippen LogP contribution in [0.15, 0.2) is 23.1 Å². The zero-order valence-corrected chi connectivity index (χ0v) is 7.90. The zero-order valence-electron chi connectivity index (χ0n) is 7.08. The van der Waals surface area contributed by atoms with Crippen molar-refractivity contribution in [1.29, 1.82) is 0 Å². The van der Waals surface area contributed by atoms with Crippen molar-refractivity contribution in [3.63, 3.8) is 0 Å². The van der Waals surface area contributed by atoms with Crippen LogP contribution >= 0.6 is 11.8 Å². The lowest BCUT2D eigenvalue weighted by atomic mass is 10.0. The van der Waals surface area contributed by atoms with E-state index in [9.17, 15) is 5.11 Å². The van der Waals surface area contributed by atoms with Gasteiger partial charge in [0, 0.05) is 10.6 Å². The van der Waals surface area contributed by atoms with Gasteiger partial charge in [0.25, 0.3) is 0 Å². The van der Waals surface area contributed by atoms with Crippen molar-refractivity contribution in [2.45, 2.75) is 24.3 Å². The summed E-state index contributed by atoms with van der Waals surface area (Å²) in [6.45, 7) is 2.06. The SMILES string of the molecule is Cc1ccc2c(c1)[C@H](O)CCS2. The quantitative estimate of drug-likeness (QED) is 0.662. The van der Waals surface area contributed by atoms with E-state index in [1.54, 1.807) is 0 Å². The van der Waals surface area contributed by atoms with E-state index in [0.29, 0.717) is 0 Å². The summed E-state index contributed by atoms with van der Waals surface area (Å²) in [4.78, 5) is 1.25. The summed E-state index contributed by atoms with van der Waals surface area (Å²) in [5, 5.41) is 9.67. The highest BCUT2D eigenvalue weighted by Crippen LogP contribution is 2.36. The number of hydrogen-bond donors (Lipinski definition) is 1. The molecular weight excluding hydrogens is 168 g/mol. The lowest BCUT2D eigenvalue weighted by molar-refractivity contribution is 0.170. The number of benzene rings is 1. The van der Waals surface area contributed by atoms with Crippen LogP contribution in [0.4, 0.5) is 0 Å².